The summed E-state index contributed by atoms with van der Waals surface area (Å²) < 4.78 is 40.4. The Morgan fingerprint density at radius 2 is 1.74 bits per heavy atom. The SMILES string of the molecule is COc1ccc2c(O[C@@H]3C[C@H]4C(=O)N[C@]5(C(=O)NS(=O)(=O)C6CC6)C[C@@H]5/C=C\CCCCC[C@H](CC(=O)N5CCCCC5)C(=O)N4C3)cc(-c3ccccc3)nc2c1. The van der Waals surface area contributed by atoms with Crippen molar-refractivity contribution in [3.8, 4) is 22.8 Å². The van der Waals surface area contributed by atoms with E-state index in [1.165, 1.54) is 4.90 Å². The Balaban J connectivity index is 1.12. The number of allylic oxidation sites excluding steroid dienone is 1. The van der Waals surface area contributed by atoms with Gasteiger partial charge in [-0.2, -0.15) is 0 Å². The van der Waals surface area contributed by atoms with Crippen LogP contribution in [0.25, 0.3) is 22.2 Å². The second-order valence-corrected chi connectivity index (χ2v) is 18.6. The lowest BCUT2D eigenvalue weighted by molar-refractivity contribution is -0.145. The van der Waals surface area contributed by atoms with Gasteiger partial charge in [-0.25, -0.2) is 13.4 Å². The Bertz CT molecular complexity index is 2190. The van der Waals surface area contributed by atoms with Gasteiger partial charge in [-0.3, -0.25) is 23.9 Å². The molecule has 13 nitrogen and oxygen atoms in total. The summed E-state index contributed by atoms with van der Waals surface area (Å²) in [5.74, 6) is -1.54. The average molecular weight is 812 g/mol. The maximum absolute atomic E-state index is 14.8. The quantitative estimate of drug-likeness (QED) is 0.274. The first-order valence-corrected chi connectivity index (χ1v) is 22.4. The molecule has 0 radical (unpaired) electrons. The van der Waals surface area contributed by atoms with Crippen LogP contribution in [0.15, 0.2) is 66.7 Å². The summed E-state index contributed by atoms with van der Waals surface area (Å²) in [5, 5.41) is 3.07. The summed E-state index contributed by atoms with van der Waals surface area (Å²) in [6, 6.07) is 16.1. The predicted octanol–water partition coefficient (Wildman–Crippen LogP) is 5.28. The van der Waals surface area contributed by atoms with Crippen molar-refractivity contribution in [3.63, 3.8) is 0 Å². The topological polar surface area (TPSA) is 164 Å². The fourth-order valence-corrected chi connectivity index (χ4v) is 10.2. The number of carbonyl (C=O) groups excluding carboxylic acids is 4. The molecule has 0 spiro atoms. The molecule has 2 saturated carbocycles. The minimum absolute atomic E-state index is 0.0488. The first kappa shape index (κ1) is 39.8. The molecule has 58 heavy (non-hydrogen) atoms. The van der Waals surface area contributed by atoms with Crippen LogP contribution in [0.2, 0.25) is 0 Å². The maximum Gasteiger partial charge on any atom is 0.259 e. The van der Waals surface area contributed by atoms with Crippen molar-refractivity contribution in [1.29, 1.82) is 0 Å². The highest BCUT2D eigenvalue weighted by atomic mass is 32.2. The van der Waals surface area contributed by atoms with E-state index >= 15 is 0 Å². The Kier molecular flexibility index (Phi) is 11.5. The van der Waals surface area contributed by atoms with Gasteiger partial charge in [0, 0.05) is 60.8 Å². The van der Waals surface area contributed by atoms with Crippen LogP contribution in [0.5, 0.6) is 11.5 Å². The summed E-state index contributed by atoms with van der Waals surface area (Å²) >= 11 is 0. The van der Waals surface area contributed by atoms with Crippen LogP contribution in [-0.2, 0) is 29.2 Å². The fraction of sp³-hybridized carbons (Fsp3) is 0.523. The van der Waals surface area contributed by atoms with Crippen molar-refractivity contribution >= 4 is 44.6 Å². The molecule has 5 aliphatic rings. The first-order valence-electron chi connectivity index (χ1n) is 20.9. The van der Waals surface area contributed by atoms with Gasteiger partial charge in [0.1, 0.15) is 29.2 Å². The number of carbonyl (C=O) groups is 4. The van der Waals surface area contributed by atoms with Crippen molar-refractivity contribution < 1.29 is 37.1 Å². The number of piperidine rings is 1. The second kappa shape index (κ2) is 16.7. The van der Waals surface area contributed by atoms with Crippen molar-refractivity contribution in [2.75, 3.05) is 26.7 Å². The number of pyridine rings is 1. The number of hydrogen-bond donors (Lipinski definition) is 2. The van der Waals surface area contributed by atoms with Gasteiger partial charge >= 0.3 is 0 Å². The normalized spacial score (nSPS) is 27.3. The van der Waals surface area contributed by atoms with Crippen LogP contribution in [0.3, 0.4) is 0 Å². The molecule has 1 aromatic heterocycles. The third-order valence-corrected chi connectivity index (χ3v) is 14.2. The molecular formula is C44H53N5O8S. The minimum Gasteiger partial charge on any atom is -0.497 e. The lowest BCUT2D eigenvalue weighted by Crippen LogP contribution is -2.57. The predicted molar refractivity (Wildman–Crippen MR) is 218 cm³/mol. The number of rotatable bonds is 9. The van der Waals surface area contributed by atoms with Gasteiger partial charge in [0.25, 0.3) is 5.91 Å². The van der Waals surface area contributed by atoms with E-state index in [1.54, 1.807) is 7.11 Å². The minimum atomic E-state index is -3.88. The summed E-state index contributed by atoms with van der Waals surface area (Å²) in [5.41, 5.74) is 0.733. The van der Waals surface area contributed by atoms with E-state index < -0.39 is 56.6 Å². The summed E-state index contributed by atoms with van der Waals surface area (Å²) in [6.45, 7) is 1.43. The van der Waals surface area contributed by atoms with E-state index in [2.05, 4.69) is 10.0 Å². The highest BCUT2D eigenvalue weighted by Crippen LogP contribution is 2.46. The van der Waals surface area contributed by atoms with E-state index in [-0.39, 0.29) is 37.6 Å². The molecule has 2 N–H and O–H groups in total. The Morgan fingerprint density at radius 3 is 2.50 bits per heavy atom. The van der Waals surface area contributed by atoms with Gasteiger partial charge in [0.2, 0.25) is 27.7 Å². The number of nitrogens with one attached hydrogen (secondary N) is 2. The number of amides is 4. The molecule has 2 aromatic carbocycles. The number of likely N-dealkylation sites (tertiary alicyclic amines) is 1. The van der Waals surface area contributed by atoms with Gasteiger partial charge in [0.15, 0.2) is 0 Å². The number of hydrogen-bond acceptors (Lipinski definition) is 9. The van der Waals surface area contributed by atoms with Gasteiger partial charge in [-0.1, -0.05) is 55.3 Å². The van der Waals surface area contributed by atoms with Gasteiger partial charge in [-0.05, 0) is 69.9 Å². The molecule has 0 bridgehead atoms. The zero-order valence-corrected chi connectivity index (χ0v) is 33.9. The molecule has 4 heterocycles. The van der Waals surface area contributed by atoms with Crippen molar-refractivity contribution in [3.05, 3.63) is 66.7 Å². The van der Waals surface area contributed by atoms with E-state index in [0.29, 0.717) is 55.1 Å². The molecule has 5 atom stereocenters. The number of benzene rings is 2. The molecule has 3 aromatic rings. The summed E-state index contributed by atoms with van der Waals surface area (Å²) in [7, 11) is -2.29. The van der Waals surface area contributed by atoms with Crippen molar-refractivity contribution in [2.45, 2.75) is 106 Å². The van der Waals surface area contributed by atoms with Gasteiger partial charge < -0.3 is 24.6 Å². The van der Waals surface area contributed by atoms with Gasteiger partial charge in [-0.15, -0.1) is 0 Å². The van der Waals surface area contributed by atoms with E-state index in [0.717, 1.165) is 55.9 Å². The lowest BCUT2D eigenvalue weighted by Gasteiger charge is -2.31. The zero-order valence-electron chi connectivity index (χ0n) is 33.1. The third kappa shape index (κ3) is 8.57. The average Bonchev–Trinajstić information content (AvgIpc) is 4.16. The van der Waals surface area contributed by atoms with Crippen LogP contribution in [0.4, 0.5) is 0 Å². The summed E-state index contributed by atoms with van der Waals surface area (Å²) in [6.07, 6.45) is 11.3. The second-order valence-electron chi connectivity index (χ2n) is 16.6. The van der Waals surface area contributed by atoms with Crippen LogP contribution in [0, 0.1) is 11.8 Å². The Morgan fingerprint density at radius 1 is 0.966 bits per heavy atom. The molecule has 2 aliphatic carbocycles. The molecule has 14 heteroatoms. The molecule has 4 amide bonds. The fourth-order valence-electron chi connectivity index (χ4n) is 8.80. The Hall–Kier alpha value is -4.98. The molecule has 3 aliphatic heterocycles. The van der Waals surface area contributed by atoms with Crippen LogP contribution >= 0.6 is 0 Å². The largest absolute Gasteiger partial charge is 0.497 e. The number of ether oxygens (including phenoxy) is 2. The number of fused-ring (bicyclic) bond motifs is 3. The lowest BCUT2D eigenvalue weighted by atomic mass is 9.94. The maximum atomic E-state index is 14.8. The number of aromatic nitrogens is 1. The van der Waals surface area contributed by atoms with Crippen LogP contribution < -0.4 is 19.5 Å². The number of methoxy groups -OCH3 is 1. The van der Waals surface area contributed by atoms with E-state index in [9.17, 15) is 27.6 Å². The monoisotopic (exact) mass is 811 g/mol. The van der Waals surface area contributed by atoms with Crippen LogP contribution in [-0.4, -0.2) is 96.5 Å². The molecule has 8 rings (SSSR count). The molecular weight excluding hydrogens is 759 g/mol. The molecule has 4 fully saturated rings. The van der Waals surface area contributed by atoms with Gasteiger partial charge in [0.05, 0.1) is 30.1 Å². The summed E-state index contributed by atoms with van der Waals surface area (Å²) in [4.78, 5) is 65.3. The van der Waals surface area contributed by atoms with Crippen molar-refractivity contribution in [2.24, 2.45) is 11.8 Å². The molecule has 2 saturated heterocycles. The molecule has 0 unspecified atom stereocenters. The third-order valence-electron chi connectivity index (χ3n) is 12.4. The smallest absolute Gasteiger partial charge is 0.259 e. The van der Waals surface area contributed by atoms with E-state index in [1.807, 2.05) is 71.6 Å². The van der Waals surface area contributed by atoms with E-state index in [4.69, 9.17) is 14.5 Å². The number of nitrogens with zero attached hydrogens (tertiary/aromatic N) is 3. The highest BCUT2D eigenvalue weighted by Gasteiger charge is 2.62. The zero-order chi connectivity index (χ0) is 40.4. The Labute approximate surface area is 340 Å². The molecule has 308 valence electrons. The first-order chi connectivity index (χ1) is 28.0. The van der Waals surface area contributed by atoms with Crippen LogP contribution in [0.1, 0.15) is 83.5 Å². The highest BCUT2D eigenvalue weighted by molar-refractivity contribution is 7.91. The van der Waals surface area contributed by atoms with Crippen molar-refractivity contribution in [1.82, 2.24) is 24.8 Å². The standard InChI is InChI=1S/C44H53N5O8S/c1-56-32-17-20-35-37(24-32)45-36(29-13-8-5-9-14-29)26-39(35)57-33-25-38-41(51)46-44(43(53)47-58(54,55)34-18-19-34)27-31(44)16-10-4-2-3-7-15-30(42(52)49(38)28-33)23-40(50)48-21-11-6-12-22-48/h5,8-10,13-14,16-17,20,24,26,30-31,33-34,38H,2-4,6-7,11-12,15,18-19,21-23,25,27-28H2,1H3,(H,46,51)(H,47,53)/b16-10-/t30-,31+,33-,38+,44-/m1/s1. The number of sulfonamides is 1.